The Morgan fingerprint density at radius 3 is 2.65 bits per heavy atom. The van der Waals surface area contributed by atoms with E-state index in [0.29, 0.717) is 6.54 Å². The first kappa shape index (κ1) is 16.5. The summed E-state index contributed by atoms with van der Waals surface area (Å²) in [5, 5.41) is 4.82. The molecule has 2 aromatic heterocycles. The Bertz CT molecular complexity index is 1040. The highest BCUT2D eigenvalue weighted by molar-refractivity contribution is 7.15. The van der Waals surface area contributed by atoms with Crippen molar-refractivity contribution in [3.8, 4) is 11.3 Å². The Morgan fingerprint density at radius 2 is 1.88 bits per heavy atom. The molecule has 6 heteroatoms. The van der Waals surface area contributed by atoms with Gasteiger partial charge in [0.25, 0.3) is 0 Å². The first-order valence-corrected chi connectivity index (χ1v) is 9.09. The van der Waals surface area contributed by atoms with E-state index in [0.717, 1.165) is 27.5 Å². The molecule has 0 bridgehead atoms. The van der Waals surface area contributed by atoms with Gasteiger partial charge in [-0.15, -0.1) is 11.3 Å². The number of hydrogen-bond acceptors (Lipinski definition) is 3. The number of carbonyl (C=O) groups is 1. The number of nitrogens with one attached hydrogen (secondary N) is 1. The van der Waals surface area contributed by atoms with Gasteiger partial charge in [0, 0.05) is 29.4 Å². The lowest BCUT2D eigenvalue weighted by atomic mass is 10.2. The van der Waals surface area contributed by atoms with Gasteiger partial charge in [0.15, 0.2) is 4.96 Å². The van der Waals surface area contributed by atoms with Gasteiger partial charge in [0.05, 0.1) is 12.1 Å². The molecule has 0 radical (unpaired) electrons. The summed E-state index contributed by atoms with van der Waals surface area (Å²) in [5.41, 5.74) is 3.71. The quantitative estimate of drug-likeness (QED) is 0.580. The molecule has 4 nitrogen and oxygen atoms in total. The molecule has 1 N–H and O–H groups in total. The highest BCUT2D eigenvalue weighted by Crippen LogP contribution is 2.23. The number of nitrogens with zero attached hydrogens (tertiary/aromatic N) is 2. The van der Waals surface area contributed by atoms with Crippen molar-refractivity contribution in [1.82, 2.24) is 14.7 Å². The van der Waals surface area contributed by atoms with Crippen LogP contribution in [0, 0.1) is 5.82 Å². The number of thiazole rings is 1. The van der Waals surface area contributed by atoms with Crippen molar-refractivity contribution in [3.63, 3.8) is 0 Å². The molecular formula is C20H16FN3OS. The first-order valence-electron chi connectivity index (χ1n) is 8.21. The minimum absolute atomic E-state index is 0.0796. The Morgan fingerprint density at radius 1 is 1.12 bits per heavy atom. The van der Waals surface area contributed by atoms with E-state index in [1.165, 1.54) is 23.5 Å². The van der Waals surface area contributed by atoms with Gasteiger partial charge in [0.1, 0.15) is 5.82 Å². The van der Waals surface area contributed by atoms with Crippen molar-refractivity contribution in [2.24, 2.45) is 0 Å². The second-order valence-electron chi connectivity index (χ2n) is 5.95. The van der Waals surface area contributed by atoms with Crippen LogP contribution in [0.15, 0.2) is 66.2 Å². The van der Waals surface area contributed by atoms with Crippen LogP contribution in [0.3, 0.4) is 0 Å². The third-order valence-electron chi connectivity index (χ3n) is 4.10. The van der Waals surface area contributed by atoms with Crippen LogP contribution in [-0.4, -0.2) is 15.3 Å². The summed E-state index contributed by atoms with van der Waals surface area (Å²) in [6, 6.07) is 16.1. The fraction of sp³-hybridized carbons (Fsp3) is 0.100. The van der Waals surface area contributed by atoms with Crippen molar-refractivity contribution >= 4 is 22.2 Å². The molecule has 4 aromatic rings. The summed E-state index contributed by atoms with van der Waals surface area (Å²) < 4.78 is 14.9. The Labute approximate surface area is 153 Å². The highest BCUT2D eigenvalue weighted by Gasteiger charge is 2.12. The maximum Gasteiger partial charge on any atom is 0.226 e. The van der Waals surface area contributed by atoms with Crippen LogP contribution in [0.1, 0.15) is 11.3 Å². The number of amides is 1. The molecule has 0 saturated carbocycles. The molecule has 0 unspecified atom stereocenters. The van der Waals surface area contributed by atoms with Crippen LogP contribution in [0.4, 0.5) is 4.39 Å². The predicted octanol–water partition coefficient (Wildman–Crippen LogP) is 4.06. The number of halogens is 1. The number of benzene rings is 2. The molecule has 0 aliphatic rings. The average molecular weight is 365 g/mol. The van der Waals surface area contributed by atoms with Crippen LogP contribution in [0.25, 0.3) is 16.2 Å². The number of hydrogen-bond donors (Lipinski definition) is 1. The summed E-state index contributed by atoms with van der Waals surface area (Å²) in [5.74, 6) is -0.362. The van der Waals surface area contributed by atoms with Gasteiger partial charge in [-0.05, 0) is 17.7 Å². The second-order valence-corrected chi connectivity index (χ2v) is 6.79. The van der Waals surface area contributed by atoms with Crippen molar-refractivity contribution in [2.75, 3.05) is 0 Å². The molecule has 130 valence electrons. The first-order chi connectivity index (χ1) is 12.7. The zero-order valence-electron chi connectivity index (χ0n) is 13.9. The predicted molar refractivity (Wildman–Crippen MR) is 100 cm³/mol. The zero-order chi connectivity index (χ0) is 17.9. The largest absolute Gasteiger partial charge is 0.352 e. The van der Waals surface area contributed by atoms with Gasteiger partial charge < -0.3 is 5.32 Å². The number of imidazole rings is 1. The van der Waals surface area contributed by atoms with Gasteiger partial charge in [-0.3, -0.25) is 9.20 Å². The van der Waals surface area contributed by atoms with Crippen molar-refractivity contribution in [3.05, 3.63) is 83.2 Å². The topological polar surface area (TPSA) is 46.4 Å². The summed E-state index contributed by atoms with van der Waals surface area (Å²) in [4.78, 5) is 17.7. The van der Waals surface area contributed by atoms with Crippen LogP contribution >= 0.6 is 11.3 Å². The molecule has 0 saturated heterocycles. The molecule has 0 aliphatic carbocycles. The maximum atomic E-state index is 12.9. The molecule has 2 aromatic carbocycles. The Kier molecular flexibility index (Phi) is 4.50. The van der Waals surface area contributed by atoms with E-state index in [2.05, 4.69) is 10.3 Å². The lowest BCUT2D eigenvalue weighted by Crippen LogP contribution is -2.24. The van der Waals surface area contributed by atoms with E-state index in [1.54, 1.807) is 12.1 Å². The SMILES string of the molecule is O=C(Cc1csc2nc(-c3ccccc3)cn12)NCc1ccc(F)cc1. The summed E-state index contributed by atoms with van der Waals surface area (Å²) in [7, 11) is 0. The molecule has 0 atom stereocenters. The fourth-order valence-corrected chi connectivity index (χ4v) is 3.61. The molecule has 0 spiro atoms. The van der Waals surface area contributed by atoms with Gasteiger partial charge in [-0.25, -0.2) is 9.37 Å². The third kappa shape index (κ3) is 3.50. The summed E-state index contributed by atoms with van der Waals surface area (Å²) in [6.45, 7) is 0.381. The summed E-state index contributed by atoms with van der Waals surface area (Å²) >= 11 is 1.52. The zero-order valence-corrected chi connectivity index (χ0v) is 14.7. The molecule has 0 fully saturated rings. The van der Waals surface area contributed by atoms with E-state index in [-0.39, 0.29) is 18.1 Å². The minimum atomic E-state index is -0.282. The normalized spacial score (nSPS) is 11.0. The van der Waals surface area contributed by atoms with Crippen LogP contribution in [0.5, 0.6) is 0 Å². The molecular weight excluding hydrogens is 349 g/mol. The molecule has 26 heavy (non-hydrogen) atoms. The smallest absolute Gasteiger partial charge is 0.226 e. The Hall–Kier alpha value is -2.99. The van der Waals surface area contributed by atoms with E-state index < -0.39 is 0 Å². The number of aromatic nitrogens is 2. The van der Waals surface area contributed by atoms with E-state index >= 15 is 0 Å². The number of rotatable bonds is 5. The second kappa shape index (κ2) is 7.09. The van der Waals surface area contributed by atoms with E-state index in [1.807, 2.05) is 46.3 Å². The average Bonchev–Trinajstić information content (AvgIpc) is 3.24. The molecule has 1 amide bonds. The number of fused-ring (bicyclic) bond motifs is 1. The van der Waals surface area contributed by atoms with Crippen molar-refractivity contribution in [2.45, 2.75) is 13.0 Å². The third-order valence-corrected chi connectivity index (χ3v) is 4.99. The molecule has 0 aliphatic heterocycles. The molecule has 4 rings (SSSR count). The van der Waals surface area contributed by atoms with E-state index in [9.17, 15) is 9.18 Å². The monoisotopic (exact) mass is 365 g/mol. The van der Waals surface area contributed by atoms with Gasteiger partial charge in [0.2, 0.25) is 5.91 Å². The van der Waals surface area contributed by atoms with E-state index in [4.69, 9.17) is 0 Å². The van der Waals surface area contributed by atoms with Crippen LogP contribution < -0.4 is 5.32 Å². The van der Waals surface area contributed by atoms with Crippen LogP contribution in [-0.2, 0) is 17.8 Å². The lowest BCUT2D eigenvalue weighted by molar-refractivity contribution is -0.120. The van der Waals surface area contributed by atoms with Gasteiger partial charge in [-0.1, -0.05) is 42.5 Å². The number of carbonyl (C=O) groups excluding carboxylic acids is 1. The van der Waals surface area contributed by atoms with Gasteiger partial charge >= 0.3 is 0 Å². The minimum Gasteiger partial charge on any atom is -0.352 e. The van der Waals surface area contributed by atoms with Crippen molar-refractivity contribution in [1.29, 1.82) is 0 Å². The van der Waals surface area contributed by atoms with Gasteiger partial charge in [-0.2, -0.15) is 0 Å². The fourth-order valence-electron chi connectivity index (χ4n) is 2.73. The standard InChI is InChI=1S/C20H16FN3OS/c21-16-8-6-14(7-9-16)11-22-19(25)10-17-13-26-20-23-18(12-24(17)20)15-4-2-1-3-5-15/h1-9,12-13H,10-11H2,(H,22,25). The summed E-state index contributed by atoms with van der Waals surface area (Å²) in [6.07, 6.45) is 2.23. The maximum absolute atomic E-state index is 12.9. The Balaban J connectivity index is 1.46. The van der Waals surface area contributed by atoms with Crippen molar-refractivity contribution < 1.29 is 9.18 Å². The lowest BCUT2D eigenvalue weighted by Gasteiger charge is -2.05. The molecule has 2 heterocycles. The van der Waals surface area contributed by atoms with Crippen LogP contribution in [0.2, 0.25) is 0 Å². The highest BCUT2D eigenvalue weighted by atomic mass is 32.1.